The van der Waals surface area contributed by atoms with Crippen molar-refractivity contribution in [2.45, 2.75) is 26.7 Å². The summed E-state index contributed by atoms with van der Waals surface area (Å²) in [5.41, 5.74) is 8.03. The van der Waals surface area contributed by atoms with Crippen molar-refractivity contribution in [2.24, 2.45) is 11.7 Å². The predicted octanol–water partition coefficient (Wildman–Crippen LogP) is 1.76. The number of amides is 1. The lowest BCUT2D eigenvalue weighted by molar-refractivity contribution is -0.121. The Kier molecular flexibility index (Phi) is 4.00. The third-order valence-electron chi connectivity index (χ3n) is 3.47. The fourth-order valence-electron chi connectivity index (χ4n) is 2.43. The van der Waals surface area contributed by atoms with Crippen LogP contribution >= 0.6 is 0 Å². The monoisotopic (exact) mass is 260 g/mol. The number of fused-ring (bicyclic) bond motifs is 1. The summed E-state index contributed by atoms with van der Waals surface area (Å²) >= 11 is 0. The first-order chi connectivity index (χ1) is 9.04. The molecule has 1 aliphatic heterocycles. The number of carbonyl (C=O) groups is 2. The van der Waals surface area contributed by atoms with Crippen molar-refractivity contribution in [1.29, 1.82) is 0 Å². The molecule has 0 atom stereocenters. The molecule has 1 aromatic rings. The third kappa shape index (κ3) is 2.68. The molecule has 4 heteroatoms. The molecule has 0 saturated carbocycles. The third-order valence-corrected chi connectivity index (χ3v) is 3.47. The first kappa shape index (κ1) is 13.7. The zero-order valence-corrected chi connectivity index (χ0v) is 11.5. The van der Waals surface area contributed by atoms with E-state index in [-0.39, 0.29) is 24.2 Å². The number of Topliss-reactive ketones (excluding diaryl/α,β-unsaturated/α-hetero) is 1. The maximum absolute atomic E-state index is 12.2. The highest BCUT2D eigenvalue weighted by atomic mass is 16.2. The zero-order valence-electron chi connectivity index (χ0n) is 11.5. The largest absolute Gasteiger partial charge is 0.324 e. The van der Waals surface area contributed by atoms with Gasteiger partial charge in [0.2, 0.25) is 5.91 Å². The number of hydrogen-bond donors (Lipinski definition) is 1. The highest BCUT2D eigenvalue weighted by Crippen LogP contribution is 2.29. The highest BCUT2D eigenvalue weighted by molar-refractivity contribution is 6.00. The van der Waals surface area contributed by atoms with Crippen LogP contribution in [-0.2, 0) is 11.2 Å². The molecule has 1 aliphatic rings. The molecule has 0 spiro atoms. The molecule has 0 radical (unpaired) electrons. The van der Waals surface area contributed by atoms with Crippen LogP contribution in [0.2, 0.25) is 0 Å². The minimum atomic E-state index is -0.0601. The second kappa shape index (κ2) is 5.53. The maximum Gasteiger partial charge on any atom is 0.229 e. The Balaban J connectivity index is 2.36. The van der Waals surface area contributed by atoms with E-state index in [1.54, 1.807) is 6.07 Å². The lowest BCUT2D eigenvalue weighted by Gasteiger charge is -2.31. The quantitative estimate of drug-likeness (QED) is 0.842. The van der Waals surface area contributed by atoms with Crippen molar-refractivity contribution in [2.75, 3.05) is 18.0 Å². The smallest absolute Gasteiger partial charge is 0.229 e. The molecule has 0 aromatic heterocycles. The summed E-state index contributed by atoms with van der Waals surface area (Å²) < 4.78 is 0. The molecule has 0 aliphatic carbocycles. The molecule has 0 fully saturated rings. The first-order valence-electron chi connectivity index (χ1n) is 6.72. The van der Waals surface area contributed by atoms with Crippen LogP contribution in [0, 0.1) is 5.92 Å². The molecule has 4 nitrogen and oxygen atoms in total. The summed E-state index contributed by atoms with van der Waals surface area (Å²) in [5.74, 6) is 0.0604. The fourth-order valence-corrected chi connectivity index (χ4v) is 2.43. The number of aryl methyl sites for hydroxylation is 1. The van der Waals surface area contributed by atoms with Gasteiger partial charge in [0, 0.05) is 23.7 Å². The van der Waals surface area contributed by atoms with E-state index in [1.807, 2.05) is 30.9 Å². The number of hydrogen-bond acceptors (Lipinski definition) is 3. The average molecular weight is 260 g/mol. The standard InChI is InChI=1S/C15H20N2O2/c1-10(2)15(19)17-7-3-4-11-8-12(14(18)9-16)5-6-13(11)17/h5-6,8,10H,3-4,7,9,16H2,1-2H3. The van der Waals surface area contributed by atoms with Gasteiger partial charge in [0.15, 0.2) is 5.78 Å². The van der Waals surface area contributed by atoms with Gasteiger partial charge < -0.3 is 10.6 Å². The molecule has 1 heterocycles. The molecular formula is C15H20N2O2. The van der Waals surface area contributed by atoms with Crippen LogP contribution in [-0.4, -0.2) is 24.8 Å². The van der Waals surface area contributed by atoms with E-state index >= 15 is 0 Å². The van der Waals surface area contributed by atoms with Gasteiger partial charge in [0.1, 0.15) is 0 Å². The van der Waals surface area contributed by atoms with Crippen LogP contribution in [0.1, 0.15) is 36.2 Å². The molecule has 0 saturated heterocycles. The molecule has 0 unspecified atom stereocenters. The van der Waals surface area contributed by atoms with Crippen molar-refractivity contribution in [3.63, 3.8) is 0 Å². The van der Waals surface area contributed by atoms with E-state index in [1.165, 1.54) is 0 Å². The van der Waals surface area contributed by atoms with Crippen molar-refractivity contribution in [1.82, 2.24) is 0 Å². The Morgan fingerprint density at radius 1 is 1.37 bits per heavy atom. The van der Waals surface area contributed by atoms with Gasteiger partial charge in [-0.3, -0.25) is 9.59 Å². The van der Waals surface area contributed by atoms with Crippen LogP contribution in [0.4, 0.5) is 5.69 Å². The number of nitrogens with two attached hydrogens (primary N) is 1. The Bertz CT molecular complexity index is 509. The maximum atomic E-state index is 12.2. The Labute approximate surface area is 113 Å². The summed E-state index contributed by atoms with van der Waals surface area (Å²) in [7, 11) is 0. The van der Waals surface area contributed by atoms with Gasteiger partial charge in [-0.05, 0) is 36.6 Å². The van der Waals surface area contributed by atoms with E-state index in [9.17, 15) is 9.59 Å². The molecule has 1 amide bonds. The summed E-state index contributed by atoms with van der Waals surface area (Å²) in [4.78, 5) is 25.6. The topological polar surface area (TPSA) is 63.4 Å². The van der Waals surface area contributed by atoms with Crippen molar-refractivity contribution >= 4 is 17.4 Å². The van der Waals surface area contributed by atoms with E-state index in [0.717, 1.165) is 30.6 Å². The van der Waals surface area contributed by atoms with Gasteiger partial charge in [-0.2, -0.15) is 0 Å². The van der Waals surface area contributed by atoms with Gasteiger partial charge in [0.25, 0.3) is 0 Å². The van der Waals surface area contributed by atoms with E-state index in [2.05, 4.69) is 0 Å². The van der Waals surface area contributed by atoms with E-state index in [0.29, 0.717) is 5.56 Å². The minimum Gasteiger partial charge on any atom is -0.324 e. The van der Waals surface area contributed by atoms with Gasteiger partial charge in [-0.1, -0.05) is 13.8 Å². The number of anilines is 1. The lowest BCUT2D eigenvalue weighted by atomic mass is 9.96. The Morgan fingerprint density at radius 3 is 2.74 bits per heavy atom. The minimum absolute atomic E-state index is 0.0173. The fraction of sp³-hybridized carbons (Fsp3) is 0.467. The predicted molar refractivity (Wildman–Crippen MR) is 75.3 cm³/mol. The second-order valence-corrected chi connectivity index (χ2v) is 5.22. The number of ketones is 1. The molecular weight excluding hydrogens is 240 g/mol. The summed E-state index contributed by atoms with van der Waals surface area (Å²) in [5, 5.41) is 0. The van der Waals surface area contributed by atoms with Gasteiger partial charge in [0.05, 0.1) is 6.54 Å². The Hall–Kier alpha value is -1.68. The van der Waals surface area contributed by atoms with Crippen molar-refractivity contribution in [3.8, 4) is 0 Å². The van der Waals surface area contributed by atoms with Gasteiger partial charge in [-0.25, -0.2) is 0 Å². The van der Waals surface area contributed by atoms with Crippen LogP contribution in [0.3, 0.4) is 0 Å². The number of carbonyl (C=O) groups excluding carboxylic acids is 2. The van der Waals surface area contributed by atoms with Crippen LogP contribution in [0.15, 0.2) is 18.2 Å². The molecule has 102 valence electrons. The zero-order chi connectivity index (χ0) is 14.0. The summed E-state index contributed by atoms with van der Waals surface area (Å²) in [6.45, 7) is 4.59. The summed E-state index contributed by atoms with van der Waals surface area (Å²) in [6.07, 6.45) is 1.84. The first-order valence-corrected chi connectivity index (χ1v) is 6.72. The number of rotatable bonds is 3. The lowest BCUT2D eigenvalue weighted by Crippen LogP contribution is -2.38. The SMILES string of the molecule is CC(C)C(=O)N1CCCc2cc(C(=O)CN)ccc21. The second-order valence-electron chi connectivity index (χ2n) is 5.22. The Morgan fingerprint density at radius 2 is 2.11 bits per heavy atom. The molecule has 2 rings (SSSR count). The van der Waals surface area contributed by atoms with E-state index < -0.39 is 0 Å². The van der Waals surface area contributed by atoms with Crippen LogP contribution in [0.25, 0.3) is 0 Å². The van der Waals surface area contributed by atoms with Gasteiger partial charge in [-0.15, -0.1) is 0 Å². The van der Waals surface area contributed by atoms with Crippen molar-refractivity contribution < 1.29 is 9.59 Å². The highest BCUT2D eigenvalue weighted by Gasteiger charge is 2.24. The van der Waals surface area contributed by atoms with Crippen LogP contribution in [0.5, 0.6) is 0 Å². The normalized spacial score (nSPS) is 14.4. The molecule has 19 heavy (non-hydrogen) atoms. The molecule has 2 N–H and O–H groups in total. The molecule has 0 bridgehead atoms. The number of benzene rings is 1. The molecule has 1 aromatic carbocycles. The number of nitrogens with zero attached hydrogens (tertiary/aromatic N) is 1. The van der Waals surface area contributed by atoms with Crippen LogP contribution < -0.4 is 10.6 Å². The summed E-state index contributed by atoms with van der Waals surface area (Å²) in [6, 6.07) is 5.52. The van der Waals surface area contributed by atoms with Crippen molar-refractivity contribution in [3.05, 3.63) is 29.3 Å². The van der Waals surface area contributed by atoms with E-state index in [4.69, 9.17) is 5.73 Å². The van der Waals surface area contributed by atoms with Gasteiger partial charge >= 0.3 is 0 Å². The average Bonchev–Trinajstić information content (AvgIpc) is 2.44.